The first kappa shape index (κ1) is 13.0. The number of aromatic nitrogens is 2. The predicted octanol–water partition coefficient (Wildman–Crippen LogP) is 0.841. The molecule has 2 N–H and O–H groups in total. The van der Waals surface area contributed by atoms with Crippen molar-refractivity contribution in [2.75, 3.05) is 18.4 Å². The second-order valence-corrected chi connectivity index (χ2v) is 3.42. The Balaban J connectivity index is 2.59. The van der Waals surface area contributed by atoms with Crippen molar-refractivity contribution < 1.29 is 14.7 Å². The number of hydrogen-bond acceptors (Lipinski definition) is 3. The molecule has 0 aromatic carbocycles. The molecule has 0 aliphatic carbocycles. The van der Waals surface area contributed by atoms with Crippen LogP contribution in [0.2, 0.25) is 0 Å². The number of rotatable bonds is 5. The highest BCUT2D eigenvalue weighted by Crippen LogP contribution is 2.06. The molecule has 1 aromatic heterocycles. The van der Waals surface area contributed by atoms with Crippen LogP contribution < -0.4 is 5.32 Å². The predicted molar refractivity (Wildman–Crippen MR) is 61.8 cm³/mol. The van der Waals surface area contributed by atoms with Gasteiger partial charge in [-0.3, -0.25) is 9.48 Å². The van der Waals surface area contributed by atoms with E-state index in [1.54, 1.807) is 4.90 Å². The van der Waals surface area contributed by atoms with E-state index in [0.29, 0.717) is 18.8 Å². The van der Waals surface area contributed by atoms with E-state index in [4.69, 9.17) is 5.11 Å². The minimum absolute atomic E-state index is 0.218. The summed E-state index contributed by atoms with van der Waals surface area (Å²) in [5.41, 5.74) is 0.489. The first-order valence-electron chi connectivity index (χ1n) is 5.37. The summed E-state index contributed by atoms with van der Waals surface area (Å²) >= 11 is 0. The van der Waals surface area contributed by atoms with E-state index >= 15 is 0 Å². The maximum Gasteiger partial charge on any atom is 0.325 e. The third kappa shape index (κ3) is 3.78. The highest BCUT2D eigenvalue weighted by molar-refractivity contribution is 5.88. The van der Waals surface area contributed by atoms with Crippen LogP contribution in [0.1, 0.15) is 13.8 Å². The van der Waals surface area contributed by atoms with Crippen molar-refractivity contribution in [2.45, 2.75) is 20.4 Å². The molecule has 0 saturated carbocycles. The van der Waals surface area contributed by atoms with E-state index in [9.17, 15) is 9.59 Å². The standard InChI is InChI=1S/C10H16N4O3/c1-3-13(4-2)10(17)12-8-5-11-14(6-8)7-9(15)16/h5-6H,3-4,7H2,1-2H3,(H,12,17)(H,15,16). The molecule has 0 aliphatic heterocycles. The molecule has 0 radical (unpaired) electrons. The molecular formula is C10H16N4O3. The normalized spacial score (nSPS) is 10.0. The molecule has 0 aliphatic rings. The average molecular weight is 240 g/mol. The van der Waals surface area contributed by atoms with Crippen molar-refractivity contribution in [2.24, 2.45) is 0 Å². The zero-order valence-electron chi connectivity index (χ0n) is 9.88. The summed E-state index contributed by atoms with van der Waals surface area (Å²) in [5, 5.41) is 15.0. The fraction of sp³-hybridized carbons (Fsp3) is 0.500. The van der Waals surface area contributed by atoms with E-state index in [2.05, 4.69) is 10.4 Å². The smallest absolute Gasteiger partial charge is 0.325 e. The highest BCUT2D eigenvalue weighted by atomic mass is 16.4. The average Bonchev–Trinajstić information content (AvgIpc) is 2.66. The lowest BCUT2D eigenvalue weighted by Gasteiger charge is -2.18. The topological polar surface area (TPSA) is 87.5 Å². The molecular weight excluding hydrogens is 224 g/mol. The molecule has 7 nitrogen and oxygen atoms in total. The Morgan fingerprint density at radius 3 is 2.65 bits per heavy atom. The van der Waals surface area contributed by atoms with Gasteiger partial charge in [-0.2, -0.15) is 5.10 Å². The minimum atomic E-state index is -0.977. The van der Waals surface area contributed by atoms with Gasteiger partial charge in [-0.05, 0) is 13.8 Å². The van der Waals surface area contributed by atoms with Gasteiger partial charge in [-0.25, -0.2) is 4.79 Å². The fourth-order valence-corrected chi connectivity index (χ4v) is 1.37. The largest absolute Gasteiger partial charge is 0.480 e. The number of amides is 2. The molecule has 0 bridgehead atoms. The maximum absolute atomic E-state index is 11.7. The van der Waals surface area contributed by atoms with Crippen LogP contribution in [0.3, 0.4) is 0 Å². The molecule has 1 rings (SSSR count). The SMILES string of the molecule is CCN(CC)C(=O)Nc1cnn(CC(=O)O)c1. The number of nitrogens with zero attached hydrogens (tertiary/aromatic N) is 3. The Morgan fingerprint density at radius 2 is 2.12 bits per heavy atom. The number of hydrogen-bond donors (Lipinski definition) is 2. The van der Waals surface area contributed by atoms with Crippen LogP contribution in [0.25, 0.3) is 0 Å². The van der Waals surface area contributed by atoms with Crippen LogP contribution in [0, 0.1) is 0 Å². The summed E-state index contributed by atoms with van der Waals surface area (Å²) in [6, 6.07) is -0.218. The van der Waals surface area contributed by atoms with Gasteiger partial charge in [0.25, 0.3) is 0 Å². The van der Waals surface area contributed by atoms with E-state index < -0.39 is 5.97 Å². The van der Waals surface area contributed by atoms with Gasteiger partial charge < -0.3 is 15.3 Å². The van der Waals surface area contributed by atoms with Crippen molar-refractivity contribution in [3.63, 3.8) is 0 Å². The van der Waals surface area contributed by atoms with Crippen LogP contribution in [-0.4, -0.2) is 44.9 Å². The molecule has 1 aromatic rings. The number of urea groups is 1. The maximum atomic E-state index is 11.7. The van der Waals surface area contributed by atoms with Crippen molar-refractivity contribution in [3.05, 3.63) is 12.4 Å². The fourth-order valence-electron chi connectivity index (χ4n) is 1.37. The van der Waals surface area contributed by atoms with Crippen LogP contribution in [0.5, 0.6) is 0 Å². The highest BCUT2D eigenvalue weighted by Gasteiger charge is 2.10. The molecule has 0 spiro atoms. The number of carboxylic acids is 1. The Kier molecular flexibility index (Phi) is 4.50. The van der Waals surface area contributed by atoms with Crippen LogP contribution >= 0.6 is 0 Å². The van der Waals surface area contributed by atoms with Crippen LogP contribution in [0.4, 0.5) is 10.5 Å². The van der Waals surface area contributed by atoms with Crippen molar-refractivity contribution >= 4 is 17.7 Å². The van der Waals surface area contributed by atoms with Gasteiger partial charge in [-0.1, -0.05) is 0 Å². The van der Waals surface area contributed by atoms with E-state index in [1.807, 2.05) is 13.8 Å². The molecule has 2 amide bonds. The summed E-state index contributed by atoms with van der Waals surface area (Å²) in [4.78, 5) is 23.7. The molecule has 17 heavy (non-hydrogen) atoms. The number of anilines is 1. The molecule has 0 fully saturated rings. The van der Waals surface area contributed by atoms with Gasteiger partial charge in [0.2, 0.25) is 0 Å². The van der Waals surface area contributed by atoms with Gasteiger partial charge in [0, 0.05) is 19.3 Å². The molecule has 0 atom stereocenters. The summed E-state index contributed by atoms with van der Waals surface area (Å²) in [6.45, 7) is 4.78. The number of carbonyl (C=O) groups excluding carboxylic acids is 1. The number of carbonyl (C=O) groups is 2. The Bertz CT molecular complexity index is 398. The summed E-state index contributed by atoms with van der Waals surface area (Å²) in [5.74, 6) is -0.977. The van der Waals surface area contributed by atoms with E-state index in [1.165, 1.54) is 17.1 Å². The Labute approximate surface area is 99.0 Å². The van der Waals surface area contributed by atoms with Crippen LogP contribution in [-0.2, 0) is 11.3 Å². The van der Waals surface area contributed by atoms with Crippen molar-refractivity contribution in [3.8, 4) is 0 Å². The van der Waals surface area contributed by atoms with Crippen molar-refractivity contribution in [1.29, 1.82) is 0 Å². The second kappa shape index (κ2) is 5.88. The third-order valence-corrected chi connectivity index (χ3v) is 2.23. The van der Waals surface area contributed by atoms with Crippen LogP contribution in [0.15, 0.2) is 12.4 Å². The van der Waals surface area contributed by atoms with E-state index in [-0.39, 0.29) is 12.6 Å². The zero-order chi connectivity index (χ0) is 12.8. The first-order chi connectivity index (χ1) is 8.06. The zero-order valence-corrected chi connectivity index (χ0v) is 9.88. The van der Waals surface area contributed by atoms with E-state index in [0.717, 1.165) is 0 Å². The summed E-state index contributed by atoms with van der Waals surface area (Å²) < 4.78 is 1.25. The summed E-state index contributed by atoms with van der Waals surface area (Å²) in [7, 11) is 0. The van der Waals surface area contributed by atoms with Gasteiger partial charge >= 0.3 is 12.0 Å². The first-order valence-corrected chi connectivity index (χ1v) is 5.37. The Hall–Kier alpha value is -2.05. The number of nitrogens with one attached hydrogen (secondary N) is 1. The summed E-state index contributed by atoms with van der Waals surface area (Å²) in [6.07, 6.45) is 2.90. The molecule has 0 unspecified atom stereocenters. The van der Waals surface area contributed by atoms with Gasteiger partial charge in [0.05, 0.1) is 11.9 Å². The van der Waals surface area contributed by atoms with Gasteiger partial charge in [0.1, 0.15) is 6.54 Å². The number of carboxylic acid groups (broad SMARTS) is 1. The van der Waals surface area contributed by atoms with Gasteiger partial charge in [-0.15, -0.1) is 0 Å². The minimum Gasteiger partial charge on any atom is -0.480 e. The number of aliphatic carboxylic acids is 1. The second-order valence-electron chi connectivity index (χ2n) is 3.42. The molecule has 1 heterocycles. The molecule has 7 heteroatoms. The molecule has 0 saturated heterocycles. The quantitative estimate of drug-likeness (QED) is 0.798. The molecule has 94 valence electrons. The van der Waals surface area contributed by atoms with Gasteiger partial charge in [0.15, 0.2) is 0 Å². The lowest BCUT2D eigenvalue weighted by molar-refractivity contribution is -0.137. The lowest BCUT2D eigenvalue weighted by Crippen LogP contribution is -2.34. The Morgan fingerprint density at radius 1 is 1.47 bits per heavy atom. The lowest BCUT2D eigenvalue weighted by atomic mass is 10.5. The van der Waals surface area contributed by atoms with Crippen molar-refractivity contribution in [1.82, 2.24) is 14.7 Å². The third-order valence-electron chi connectivity index (χ3n) is 2.23. The monoisotopic (exact) mass is 240 g/mol.